The molecule has 1 saturated heterocycles. The van der Waals surface area contributed by atoms with E-state index in [2.05, 4.69) is 31.6 Å². The Kier molecular flexibility index (Phi) is 19.5. The first-order valence-corrected chi connectivity index (χ1v) is 16.4. The molecular formula is C29H51N11O11. The van der Waals surface area contributed by atoms with E-state index in [4.69, 9.17) is 22.9 Å². The van der Waals surface area contributed by atoms with Crippen LogP contribution in [0.1, 0.15) is 58.3 Å². The fraction of sp³-hybridized carbons (Fsp3) is 0.690. The molecule has 0 spiro atoms. The zero-order valence-electron chi connectivity index (χ0n) is 28.5. The van der Waals surface area contributed by atoms with Gasteiger partial charge in [0.15, 0.2) is 5.96 Å². The first-order valence-electron chi connectivity index (χ1n) is 16.4. The number of nitrogens with two attached hydrogens (primary N) is 4. The number of hydrogen-bond donors (Lipinski definition) is 12. The van der Waals surface area contributed by atoms with Gasteiger partial charge in [-0.15, -0.1) is 0 Å². The Morgan fingerprint density at radius 2 is 1.43 bits per heavy atom. The Balaban J connectivity index is 2.99. The zero-order chi connectivity index (χ0) is 38.7. The number of amides is 6. The zero-order valence-corrected chi connectivity index (χ0v) is 28.5. The number of aliphatic imine (C=N–C) groups is 1. The molecule has 1 heterocycles. The van der Waals surface area contributed by atoms with Crippen LogP contribution >= 0.6 is 0 Å². The van der Waals surface area contributed by atoms with E-state index in [-0.39, 0.29) is 44.7 Å². The largest absolute Gasteiger partial charge is 0.481 e. The molecule has 1 aliphatic rings. The van der Waals surface area contributed by atoms with E-state index in [0.29, 0.717) is 25.8 Å². The third kappa shape index (κ3) is 15.6. The molecule has 0 bridgehead atoms. The Labute approximate surface area is 293 Å². The van der Waals surface area contributed by atoms with Gasteiger partial charge in [-0.3, -0.25) is 38.6 Å². The molecule has 6 atom stereocenters. The van der Waals surface area contributed by atoms with E-state index in [1.807, 2.05) is 0 Å². The van der Waals surface area contributed by atoms with Crippen molar-refractivity contribution in [1.82, 2.24) is 31.5 Å². The fourth-order valence-corrected chi connectivity index (χ4v) is 5.06. The summed E-state index contributed by atoms with van der Waals surface area (Å²) in [6.45, 7) is 0.357. The van der Waals surface area contributed by atoms with Crippen LogP contribution in [0.4, 0.5) is 0 Å². The Bertz CT molecular complexity index is 1280. The van der Waals surface area contributed by atoms with Crippen LogP contribution in [0.2, 0.25) is 0 Å². The van der Waals surface area contributed by atoms with Crippen LogP contribution in [-0.4, -0.2) is 143 Å². The average Bonchev–Trinajstić information content (AvgIpc) is 3.57. The smallest absolute Gasteiger partial charge is 0.326 e. The number of nitrogens with zero attached hydrogens (tertiary/aromatic N) is 2. The molecule has 16 N–H and O–H groups in total. The van der Waals surface area contributed by atoms with Crippen molar-refractivity contribution in [2.45, 2.75) is 94.5 Å². The second kappa shape index (κ2) is 22.6. The highest BCUT2D eigenvalue weighted by Crippen LogP contribution is 2.19. The lowest BCUT2D eigenvalue weighted by molar-refractivity contribution is -0.145. The van der Waals surface area contributed by atoms with E-state index >= 15 is 0 Å². The average molecular weight is 730 g/mol. The molecule has 0 unspecified atom stereocenters. The minimum absolute atomic E-state index is 0.0434. The van der Waals surface area contributed by atoms with Crippen molar-refractivity contribution < 1.29 is 53.7 Å². The molecule has 0 radical (unpaired) electrons. The Morgan fingerprint density at radius 3 is 2.00 bits per heavy atom. The van der Waals surface area contributed by atoms with E-state index in [1.165, 1.54) is 6.92 Å². The third-order valence-electron chi connectivity index (χ3n) is 7.74. The maximum atomic E-state index is 13.4. The van der Waals surface area contributed by atoms with Gasteiger partial charge in [0, 0.05) is 13.1 Å². The maximum Gasteiger partial charge on any atom is 0.326 e. The first-order chi connectivity index (χ1) is 24.1. The molecule has 0 aromatic heterocycles. The summed E-state index contributed by atoms with van der Waals surface area (Å²) in [5.41, 5.74) is 21.3. The molecule has 0 aliphatic carbocycles. The summed E-state index contributed by atoms with van der Waals surface area (Å²) < 4.78 is 0. The summed E-state index contributed by atoms with van der Waals surface area (Å²) >= 11 is 0. The van der Waals surface area contributed by atoms with Crippen molar-refractivity contribution in [3.8, 4) is 0 Å². The molecule has 0 saturated carbocycles. The van der Waals surface area contributed by atoms with Crippen molar-refractivity contribution in [3.63, 3.8) is 0 Å². The van der Waals surface area contributed by atoms with E-state index in [0.717, 1.165) is 4.90 Å². The van der Waals surface area contributed by atoms with Crippen LogP contribution < -0.4 is 49.5 Å². The molecule has 22 nitrogen and oxygen atoms in total. The molecule has 1 fully saturated rings. The lowest BCUT2D eigenvalue weighted by atomic mass is 10.1. The number of likely N-dealkylation sites (tertiary alicyclic amines) is 1. The second-order valence-electron chi connectivity index (χ2n) is 11.8. The molecular weight excluding hydrogens is 678 g/mol. The van der Waals surface area contributed by atoms with Crippen LogP contribution in [0.5, 0.6) is 0 Å². The van der Waals surface area contributed by atoms with Crippen molar-refractivity contribution >= 4 is 53.3 Å². The molecule has 1 rings (SSSR count). The van der Waals surface area contributed by atoms with Gasteiger partial charge in [-0.1, -0.05) is 0 Å². The summed E-state index contributed by atoms with van der Waals surface area (Å²) in [5.74, 6) is -8.24. The molecule has 6 amide bonds. The summed E-state index contributed by atoms with van der Waals surface area (Å²) in [6.07, 6.45) is 0.974. The predicted molar refractivity (Wildman–Crippen MR) is 179 cm³/mol. The Hall–Kier alpha value is -5.09. The number of carbonyl (C=O) groups is 8. The van der Waals surface area contributed by atoms with Crippen molar-refractivity contribution in [2.75, 3.05) is 32.8 Å². The normalized spacial score (nSPS) is 16.7. The molecule has 1 aliphatic heterocycles. The SMILES string of the molecule is C[C@H](NC(=O)[C@H](CCCN=C(N)N)NC(=O)CN)C(=O)N[C@@H](CC(=O)O)C(=O)N[C@@H](CO)C(=O)N1CCC[C@H]1C(=O)N[C@@H](CCCCN)C(=O)O. The minimum atomic E-state index is -1.79. The lowest BCUT2D eigenvalue weighted by Gasteiger charge is -2.29. The molecule has 22 heteroatoms. The number of aliphatic hydroxyl groups excluding tert-OH is 1. The van der Waals surface area contributed by atoms with Crippen LogP contribution in [0.25, 0.3) is 0 Å². The number of rotatable bonds is 23. The lowest BCUT2D eigenvalue weighted by Crippen LogP contribution is -2.60. The minimum Gasteiger partial charge on any atom is -0.481 e. The Morgan fingerprint density at radius 1 is 0.804 bits per heavy atom. The quantitative estimate of drug-likeness (QED) is 0.0265. The summed E-state index contributed by atoms with van der Waals surface area (Å²) in [5, 5.41) is 40.5. The molecule has 51 heavy (non-hydrogen) atoms. The standard InChI is InChI=1S/C29H51N11O11/c1-15(35-24(46)16(36-21(42)13-31)7-4-10-34-29(32)33)23(45)38-18(12-22(43)44)25(47)39-19(14-41)27(49)40-11-5-8-20(40)26(48)37-17(28(50)51)6-2-3-9-30/h15-20,41H,2-14,30-31H2,1H3,(H,35,46)(H,36,42)(H,37,48)(H,38,45)(H,39,47)(H,43,44)(H,50,51)(H4,32,33,34)/t15-,16-,17-,18-,19-,20-/m0/s1. The van der Waals surface area contributed by atoms with Crippen molar-refractivity contribution in [2.24, 2.45) is 27.9 Å². The van der Waals surface area contributed by atoms with Crippen molar-refractivity contribution in [3.05, 3.63) is 0 Å². The van der Waals surface area contributed by atoms with Crippen LogP contribution in [0.15, 0.2) is 4.99 Å². The number of carboxylic acid groups (broad SMARTS) is 2. The highest BCUT2D eigenvalue weighted by molar-refractivity contribution is 5.98. The van der Waals surface area contributed by atoms with Crippen LogP contribution in [0.3, 0.4) is 0 Å². The summed E-state index contributed by atoms with van der Waals surface area (Å²) in [6, 6.07) is -8.30. The number of carbonyl (C=O) groups excluding carboxylic acids is 6. The van der Waals surface area contributed by atoms with E-state index in [1.54, 1.807) is 0 Å². The van der Waals surface area contributed by atoms with Gasteiger partial charge in [0.05, 0.1) is 19.6 Å². The number of guanidine groups is 1. The van der Waals surface area contributed by atoms with Gasteiger partial charge < -0.3 is 69.7 Å². The maximum absolute atomic E-state index is 13.4. The summed E-state index contributed by atoms with van der Waals surface area (Å²) in [7, 11) is 0. The first kappa shape index (κ1) is 43.9. The topological polar surface area (TPSA) is 377 Å². The number of aliphatic carboxylic acids is 2. The van der Waals surface area contributed by atoms with E-state index < -0.39 is 103 Å². The predicted octanol–water partition coefficient (Wildman–Crippen LogP) is -5.89. The fourth-order valence-electron chi connectivity index (χ4n) is 5.06. The van der Waals surface area contributed by atoms with Crippen LogP contribution in [0, 0.1) is 0 Å². The molecule has 288 valence electrons. The third-order valence-corrected chi connectivity index (χ3v) is 7.74. The van der Waals surface area contributed by atoms with Gasteiger partial charge in [-0.05, 0) is 58.4 Å². The second-order valence-corrected chi connectivity index (χ2v) is 11.8. The van der Waals surface area contributed by atoms with Crippen molar-refractivity contribution in [1.29, 1.82) is 0 Å². The number of nitrogens with one attached hydrogen (secondary N) is 5. The summed E-state index contributed by atoms with van der Waals surface area (Å²) in [4.78, 5) is 105. The van der Waals surface area contributed by atoms with Gasteiger partial charge in [0.2, 0.25) is 35.4 Å². The number of unbranched alkanes of at least 4 members (excludes halogenated alkanes) is 1. The highest BCUT2D eigenvalue weighted by atomic mass is 16.4. The van der Waals surface area contributed by atoms with Crippen LogP contribution in [-0.2, 0) is 38.4 Å². The number of aliphatic hydroxyl groups is 1. The number of hydrogen-bond acceptors (Lipinski definition) is 12. The monoisotopic (exact) mass is 729 g/mol. The molecule has 0 aromatic carbocycles. The van der Waals surface area contributed by atoms with Gasteiger partial charge in [0.25, 0.3) is 0 Å². The van der Waals surface area contributed by atoms with Gasteiger partial charge in [0.1, 0.15) is 36.3 Å². The van der Waals surface area contributed by atoms with Gasteiger partial charge in [-0.2, -0.15) is 0 Å². The number of carboxylic acids is 2. The highest BCUT2D eigenvalue weighted by Gasteiger charge is 2.39. The molecule has 0 aromatic rings. The van der Waals surface area contributed by atoms with Gasteiger partial charge >= 0.3 is 11.9 Å². The van der Waals surface area contributed by atoms with E-state index in [9.17, 15) is 53.7 Å². The van der Waals surface area contributed by atoms with Gasteiger partial charge in [-0.25, -0.2) is 4.79 Å².